The van der Waals surface area contributed by atoms with Crippen LogP contribution in [0.5, 0.6) is 0 Å². The number of pyridine rings is 1. The summed E-state index contributed by atoms with van der Waals surface area (Å²) in [6.45, 7) is 5.05. The molecule has 2 N–H and O–H groups in total. The molecule has 1 aliphatic rings. The minimum atomic E-state index is -0.445. The second-order valence-corrected chi connectivity index (χ2v) is 7.69. The molecule has 4 rings (SSSR count). The predicted octanol–water partition coefficient (Wildman–Crippen LogP) is 3.39. The smallest absolute Gasteiger partial charge is 0.166 e. The van der Waals surface area contributed by atoms with E-state index in [-0.39, 0.29) is 5.82 Å². The molecule has 0 amide bonds. The Morgan fingerprint density at radius 1 is 1.29 bits per heavy atom. The summed E-state index contributed by atoms with van der Waals surface area (Å²) in [4.78, 5) is 15.9. The number of fused-ring (bicyclic) bond motifs is 1. The van der Waals surface area contributed by atoms with Crippen molar-refractivity contribution in [2.24, 2.45) is 0 Å². The van der Waals surface area contributed by atoms with Gasteiger partial charge in [-0.2, -0.15) is 0 Å². The standard InChI is InChI=1S/C22H27FN8/c1-2-6-17-19(13-16(8-9-24)27-21-18(23)7-5-10-25-21)26-15-31-22(17)28-20(29-31)14-30-11-3-4-12-30/h5,7-10,15,24H,2-4,6,11-14H2,1H3,(H,25,27)/b16-8-,24-9?. The molecule has 3 aromatic rings. The zero-order valence-corrected chi connectivity index (χ0v) is 17.7. The molecule has 1 saturated heterocycles. The molecule has 8 nitrogen and oxygen atoms in total. The fourth-order valence-corrected chi connectivity index (χ4v) is 3.91. The van der Waals surface area contributed by atoms with Gasteiger partial charge in [-0.15, -0.1) is 5.10 Å². The number of allylic oxidation sites excluding steroid dienone is 2. The molecule has 0 saturated carbocycles. The predicted molar refractivity (Wildman–Crippen MR) is 118 cm³/mol. The molecular weight excluding hydrogens is 395 g/mol. The van der Waals surface area contributed by atoms with E-state index in [1.807, 2.05) is 0 Å². The molecule has 1 fully saturated rings. The zero-order chi connectivity index (χ0) is 21.6. The van der Waals surface area contributed by atoms with Gasteiger partial charge in [-0.3, -0.25) is 4.90 Å². The fraction of sp³-hybridized carbons (Fsp3) is 0.409. The van der Waals surface area contributed by atoms with E-state index in [2.05, 4.69) is 32.2 Å². The van der Waals surface area contributed by atoms with Crippen LogP contribution in [0.25, 0.3) is 5.65 Å². The molecule has 0 atom stereocenters. The van der Waals surface area contributed by atoms with E-state index >= 15 is 0 Å². The van der Waals surface area contributed by atoms with E-state index in [9.17, 15) is 4.39 Å². The zero-order valence-electron chi connectivity index (χ0n) is 17.7. The van der Waals surface area contributed by atoms with Crippen LogP contribution in [0.2, 0.25) is 0 Å². The third kappa shape index (κ3) is 4.93. The summed E-state index contributed by atoms with van der Waals surface area (Å²) in [6, 6.07) is 2.89. The Morgan fingerprint density at radius 3 is 2.87 bits per heavy atom. The number of likely N-dealkylation sites (tertiary alicyclic amines) is 1. The monoisotopic (exact) mass is 422 g/mol. The van der Waals surface area contributed by atoms with Gasteiger partial charge >= 0.3 is 0 Å². The van der Waals surface area contributed by atoms with Crippen LogP contribution < -0.4 is 5.32 Å². The second-order valence-electron chi connectivity index (χ2n) is 7.69. The van der Waals surface area contributed by atoms with E-state index in [4.69, 9.17) is 10.4 Å². The van der Waals surface area contributed by atoms with E-state index in [1.54, 1.807) is 23.0 Å². The summed E-state index contributed by atoms with van der Waals surface area (Å²) in [5.41, 5.74) is 3.33. The first-order valence-electron chi connectivity index (χ1n) is 10.7. The Bertz CT molecular complexity index is 1080. The van der Waals surface area contributed by atoms with E-state index in [0.717, 1.165) is 55.2 Å². The van der Waals surface area contributed by atoms with Crippen molar-refractivity contribution in [3.05, 3.63) is 59.3 Å². The van der Waals surface area contributed by atoms with Gasteiger partial charge in [0.25, 0.3) is 0 Å². The lowest BCUT2D eigenvalue weighted by Gasteiger charge is -2.13. The number of anilines is 1. The SMILES string of the molecule is CCCc1c(C/C(=C/C=N)Nc2ncccc2F)ncn2nc(CN3CCCC3)nc12. The van der Waals surface area contributed by atoms with Gasteiger partial charge in [0, 0.05) is 30.1 Å². The largest absolute Gasteiger partial charge is 0.341 e. The van der Waals surface area contributed by atoms with Gasteiger partial charge in [0.2, 0.25) is 0 Å². The number of nitrogens with one attached hydrogen (secondary N) is 2. The highest BCUT2D eigenvalue weighted by atomic mass is 19.1. The van der Waals surface area contributed by atoms with Crippen LogP contribution in [0.3, 0.4) is 0 Å². The Morgan fingerprint density at radius 2 is 2.13 bits per heavy atom. The van der Waals surface area contributed by atoms with Crippen LogP contribution in [0.1, 0.15) is 43.3 Å². The number of hydrogen-bond donors (Lipinski definition) is 2. The lowest BCUT2D eigenvalue weighted by atomic mass is 10.1. The quantitative estimate of drug-likeness (QED) is 0.513. The summed E-state index contributed by atoms with van der Waals surface area (Å²) in [6.07, 6.45) is 10.6. The third-order valence-corrected chi connectivity index (χ3v) is 5.36. The molecular formula is C22H27FN8. The molecule has 0 aliphatic carbocycles. The first-order valence-corrected chi connectivity index (χ1v) is 10.7. The van der Waals surface area contributed by atoms with Crippen LogP contribution in [0.15, 0.2) is 36.4 Å². The van der Waals surface area contributed by atoms with Gasteiger partial charge in [-0.25, -0.2) is 23.9 Å². The third-order valence-electron chi connectivity index (χ3n) is 5.36. The van der Waals surface area contributed by atoms with Crippen molar-refractivity contribution in [2.45, 2.75) is 45.6 Å². The summed E-state index contributed by atoms with van der Waals surface area (Å²) >= 11 is 0. The van der Waals surface area contributed by atoms with Crippen molar-refractivity contribution < 1.29 is 4.39 Å². The van der Waals surface area contributed by atoms with E-state index in [0.29, 0.717) is 12.1 Å². The minimum absolute atomic E-state index is 0.129. The van der Waals surface area contributed by atoms with Crippen molar-refractivity contribution in [2.75, 3.05) is 18.4 Å². The van der Waals surface area contributed by atoms with Crippen LogP contribution in [0.4, 0.5) is 10.2 Å². The fourth-order valence-electron chi connectivity index (χ4n) is 3.91. The van der Waals surface area contributed by atoms with Crippen molar-refractivity contribution >= 4 is 17.7 Å². The van der Waals surface area contributed by atoms with Gasteiger partial charge in [0.05, 0.1) is 12.2 Å². The van der Waals surface area contributed by atoms with Crippen LogP contribution in [-0.4, -0.2) is 48.8 Å². The average Bonchev–Trinajstić information content (AvgIpc) is 3.41. The topological polar surface area (TPSA) is 95.1 Å². The van der Waals surface area contributed by atoms with E-state index in [1.165, 1.54) is 31.3 Å². The highest BCUT2D eigenvalue weighted by molar-refractivity contribution is 5.70. The number of hydrogen-bond acceptors (Lipinski definition) is 7. The second kappa shape index (κ2) is 9.74. The minimum Gasteiger partial charge on any atom is -0.341 e. The van der Waals surface area contributed by atoms with Crippen molar-refractivity contribution in [3.63, 3.8) is 0 Å². The van der Waals surface area contributed by atoms with Gasteiger partial charge in [-0.1, -0.05) is 13.3 Å². The summed E-state index contributed by atoms with van der Waals surface area (Å²) in [5, 5.41) is 15.1. The lowest BCUT2D eigenvalue weighted by molar-refractivity contribution is 0.322. The van der Waals surface area contributed by atoms with Crippen molar-refractivity contribution in [1.82, 2.24) is 29.5 Å². The molecule has 0 spiro atoms. The van der Waals surface area contributed by atoms with Crippen molar-refractivity contribution in [1.29, 1.82) is 5.41 Å². The molecule has 9 heteroatoms. The molecule has 162 valence electrons. The number of aryl methyl sites for hydroxylation is 1. The maximum atomic E-state index is 14.1. The van der Waals surface area contributed by atoms with Gasteiger partial charge in [0.1, 0.15) is 6.33 Å². The highest BCUT2D eigenvalue weighted by Crippen LogP contribution is 2.20. The maximum Gasteiger partial charge on any atom is 0.166 e. The van der Waals surface area contributed by atoms with Gasteiger partial charge in [-0.05, 0) is 50.6 Å². The number of halogens is 1. The highest BCUT2D eigenvalue weighted by Gasteiger charge is 2.18. The molecule has 4 heterocycles. The molecule has 0 unspecified atom stereocenters. The number of nitrogens with zero attached hydrogens (tertiary/aromatic N) is 6. The molecule has 0 bridgehead atoms. The Labute approximate surface area is 180 Å². The number of aromatic nitrogens is 5. The van der Waals surface area contributed by atoms with Crippen molar-refractivity contribution in [3.8, 4) is 0 Å². The van der Waals surface area contributed by atoms with E-state index < -0.39 is 5.82 Å². The van der Waals surface area contributed by atoms with Gasteiger partial charge < -0.3 is 10.7 Å². The molecule has 0 radical (unpaired) electrons. The van der Waals surface area contributed by atoms with Crippen LogP contribution in [-0.2, 0) is 19.4 Å². The maximum absolute atomic E-state index is 14.1. The summed E-state index contributed by atoms with van der Waals surface area (Å²) in [7, 11) is 0. The average molecular weight is 423 g/mol. The van der Waals surface area contributed by atoms with Crippen LogP contribution >= 0.6 is 0 Å². The Balaban J connectivity index is 1.63. The van der Waals surface area contributed by atoms with Crippen LogP contribution in [0, 0.1) is 11.2 Å². The molecule has 3 aromatic heterocycles. The Kier molecular flexibility index (Phi) is 6.61. The number of rotatable bonds is 9. The summed E-state index contributed by atoms with van der Waals surface area (Å²) < 4.78 is 15.8. The normalized spacial score (nSPS) is 15.0. The first-order chi connectivity index (χ1) is 15.2. The Hall–Kier alpha value is -3.20. The summed E-state index contributed by atoms with van der Waals surface area (Å²) in [5.74, 6) is 0.492. The first kappa shape index (κ1) is 21.0. The molecule has 0 aromatic carbocycles. The van der Waals surface area contributed by atoms with Gasteiger partial charge in [0.15, 0.2) is 23.1 Å². The molecule has 1 aliphatic heterocycles. The molecule has 31 heavy (non-hydrogen) atoms. The lowest BCUT2D eigenvalue weighted by Crippen LogP contribution is -2.19.